The third-order valence-electron chi connectivity index (χ3n) is 5.73. The van der Waals surface area contributed by atoms with E-state index in [0.29, 0.717) is 5.41 Å². The van der Waals surface area contributed by atoms with Crippen LogP contribution in [0.3, 0.4) is 0 Å². The van der Waals surface area contributed by atoms with Crippen molar-refractivity contribution in [3.63, 3.8) is 0 Å². The van der Waals surface area contributed by atoms with Crippen LogP contribution in [0, 0.1) is 31.6 Å². The highest BCUT2D eigenvalue weighted by atomic mass is 35.5. The Bertz CT molecular complexity index is 439. The molecule has 0 radical (unpaired) electrons. The summed E-state index contributed by atoms with van der Waals surface area (Å²) in [7, 11) is 0. The highest BCUT2D eigenvalue weighted by Gasteiger charge is 2.51. The van der Waals surface area contributed by atoms with Gasteiger partial charge in [0.15, 0.2) is 0 Å². The lowest BCUT2D eigenvalue weighted by atomic mass is 9.48. The Morgan fingerprint density at radius 2 is 1.32 bits per heavy atom. The molecule has 104 valence electrons. The first-order valence-corrected chi connectivity index (χ1v) is 7.59. The molecule has 4 saturated carbocycles. The smallest absolute Gasteiger partial charge is 0.0378 e. The summed E-state index contributed by atoms with van der Waals surface area (Å²) < 4.78 is 0. The van der Waals surface area contributed by atoms with Gasteiger partial charge in [-0.3, -0.25) is 4.98 Å². The van der Waals surface area contributed by atoms with E-state index in [1.54, 1.807) is 5.56 Å². The van der Waals surface area contributed by atoms with Crippen molar-refractivity contribution < 1.29 is 0 Å². The number of pyridine rings is 1. The molecule has 4 fully saturated rings. The predicted molar refractivity (Wildman–Crippen MR) is 80.8 cm³/mol. The van der Waals surface area contributed by atoms with E-state index in [1.165, 1.54) is 49.9 Å². The van der Waals surface area contributed by atoms with E-state index in [4.69, 9.17) is 0 Å². The number of aromatic nitrogens is 1. The highest BCUT2D eigenvalue weighted by Crippen LogP contribution is 2.60. The normalized spacial score (nSPS) is 39.2. The average molecular weight is 278 g/mol. The van der Waals surface area contributed by atoms with E-state index in [9.17, 15) is 0 Å². The summed E-state index contributed by atoms with van der Waals surface area (Å²) >= 11 is 0. The summed E-state index contributed by atoms with van der Waals surface area (Å²) in [6.07, 6.45) is 8.97. The summed E-state index contributed by atoms with van der Waals surface area (Å²) in [5.41, 5.74) is 4.57. The number of halogens is 1. The minimum absolute atomic E-state index is 0. The topological polar surface area (TPSA) is 12.9 Å². The number of aryl methyl sites for hydroxylation is 2. The van der Waals surface area contributed by atoms with Crippen LogP contribution in [0.4, 0.5) is 0 Å². The Morgan fingerprint density at radius 1 is 0.895 bits per heavy atom. The molecule has 5 rings (SSSR count). The minimum atomic E-state index is 0. The van der Waals surface area contributed by atoms with Gasteiger partial charge in [-0.05, 0) is 93.2 Å². The number of hydrogen-bond acceptors (Lipinski definition) is 1. The molecule has 0 atom stereocenters. The molecule has 0 unspecified atom stereocenters. The van der Waals surface area contributed by atoms with Crippen molar-refractivity contribution in [2.75, 3.05) is 0 Å². The van der Waals surface area contributed by atoms with Crippen LogP contribution in [-0.2, 0) is 5.41 Å². The van der Waals surface area contributed by atoms with Gasteiger partial charge in [0.05, 0.1) is 0 Å². The molecule has 0 saturated heterocycles. The van der Waals surface area contributed by atoms with Gasteiger partial charge in [-0.2, -0.15) is 0 Å². The lowest BCUT2D eigenvalue weighted by Crippen LogP contribution is -2.48. The summed E-state index contributed by atoms with van der Waals surface area (Å²) in [6.45, 7) is 4.30. The van der Waals surface area contributed by atoms with Gasteiger partial charge in [-0.15, -0.1) is 12.4 Å². The van der Waals surface area contributed by atoms with Gasteiger partial charge in [0.1, 0.15) is 0 Å². The molecular weight excluding hydrogens is 254 g/mol. The maximum atomic E-state index is 4.56. The lowest BCUT2D eigenvalue weighted by molar-refractivity contribution is -0.00528. The molecule has 2 heteroatoms. The zero-order chi connectivity index (χ0) is 12.3. The third kappa shape index (κ3) is 2.11. The van der Waals surface area contributed by atoms with Gasteiger partial charge in [0, 0.05) is 11.4 Å². The van der Waals surface area contributed by atoms with Gasteiger partial charge in [0.2, 0.25) is 0 Å². The molecule has 0 aromatic carbocycles. The van der Waals surface area contributed by atoms with Crippen molar-refractivity contribution in [2.24, 2.45) is 17.8 Å². The zero-order valence-corrected chi connectivity index (χ0v) is 12.8. The number of rotatable bonds is 1. The van der Waals surface area contributed by atoms with E-state index >= 15 is 0 Å². The maximum Gasteiger partial charge on any atom is 0.0378 e. The van der Waals surface area contributed by atoms with Gasteiger partial charge in [0.25, 0.3) is 0 Å². The quantitative estimate of drug-likeness (QED) is 0.732. The second kappa shape index (κ2) is 4.48. The number of hydrogen-bond donors (Lipinski definition) is 0. The molecule has 19 heavy (non-hydrogen) atoms. The first-order chi connectivity index (χ1) is 8.63. The van der Waals surface area contributed by atoms with Crippen LogP contribution in [0.15, 0.2) is 12.1 Å². The lowest BCUT2D eigenvalue weighted by Gasteiger charge is -2.57. The minimum Gasteiger partial charge on any atom is -0.258 e. The Morgan fingerprint density at radius 3 is 1.74 bits per heavy atom. The van der Waals surface area contributed by atoms with Crippen molar-refractivity contribution in [1.29, 1.82) is 0 Å². The molecule has 0 spiro atoms. The van der Waals surface area contributed by atoms with E-state index < -0.39 is 0 Å². The molecule has 1 heterocycles. The van der Waals surface area contributed by atoms with E-state index in [0.717, 1.165) is 17.8 Å². The van der Waals surface area contributed by atoms with Crippen molar-refractivity contribution in [1.82, 2.24) is 4.98 Å². The molecule has 0 amide bonds. The van der Waals surface area contributed by atoms with E-state index in [2.05, 4.69) is 31.0 Å². The van der Waals surface area contributed by atoms with Crippen LogP contribution in [0.2, 0.25) is 0 Å². The molecule has 4 aliphatic rings. The van der Waals surface area contributed by atoms with Crippen LogP contribution < -0.4 is 0 Å². The largest absolute Gasteiger partial charge is 0.258 e. The fraction of sp³-hybridized carbons (Fsp3) is 0.706. The Balaban J connectivity index is 0.00000110. The molecule has 0 N–H and O–H groups in total. The van der Waals surface area contributed by atoms with Crippen LogP contribution in [-0.4, -0.2) is 4.98 Å². The summed E-state index contributed by atoms with van der Waals surface area (Å²) in [4.78, 5) is 4.56. The first-order valence-electron chi connectivity index (χ1n) is 7.59. The van der Waals surface area contributed by atoms with Crippen molar-refractivity contribution in [3.8, 4) is 0 Å². The van der Waals surface area contributed by atoms with Gasteiger partial charge in [-0.1, -0.05) is 0 Å². The highest BCUT2D eigenvalue weighted by molar-refractivity contribution is 5.85. The number of nitrogens with zero attached hydrogens (tertiary/aromatic N) is 1. The molecule has 1 aromatic heterocycles. The van der Waals surface area contributed by atoms with Crippen LogP contribution in [0.25, 0.3) is 0 Å². The molecule has 1 nitrogen and oxygen atoms in total. The Hall–Kier alpha value is -0.560. The molecular formula is C17H24ClN. The molecule has 4 aliphatic carbocycles. The fourth-order valence-corrected chi connectivity index (χ4v) is 5.60. The summed E-state index contributed by atoms with van der Waals surface area (Å²) in [5, 5.41) is 0. The van der Waals surface area contributed by atoms with Gasteiger partial charge in [-0.25, -0.2) is 0 Å². The fourth-order valence-electron chi connectivity index (χ4n) is 5.60. The maximum absolute atomic E-state index is 4.56. The monoisotopic (exact) mass is 277 g/mol. The molecule has 1 aromatic rings. The Labute approximate surface area is 122 Å². The Kier molecular flexibility index (Phi) is 3.16. The van der Waals surface area contributed by atoms with E-state index in [1.807, 2.05) is 0 Å². The van der Waals surface area contributed by atoms with Gasteiger partial charge < -0.3 is 0 Å². The SMILES string of the molecule is Cc1cc(C23CC4CC(CC(C4)C2)C3)cc(C)n1.Cl. The van der Waals surface area contributed by atoms with Crippen molar-refractivity contribution in [2.45, 2.75) is 57.8 Å². The second-order valence-corrected chi connectivity index (χ2v) is 7.34. The van der Waals surface area contributed by atoms with E-state index in [-0.39, 0.29) is 12.4 Å². The third-order valence-corrected chi connectivity index (χ3v) is 5.73. The standard InChI is InChI=1S/C17H23N.ClH/c1-11-3-16(4-12(2)18-11)17-8-13-5-14(9-17)7-15(6-13)10-17;/h3-4,13-15H,5-10H2,1-2H3;1H. The first kappa shape index (κ1) is 13.4. The van der Waals surface area contributed by atoms with Crippen LogP contribution in [0.1, 0.15) is 55.5 Å². The summed E-state index contributed by atoms with van der Waals surface area (Å²) in [5.74, 6) is 3.10. The van der Waals surface area contributed by atoms with Crippen molar-refractivity contribution >= 4 is 12.4 Å². The summed E-state index contributed by atoms with van der Waals surface area (Å²) in [6, 6.07) is 4.75. The van der Waals surface area contributed by atoms with Gasteiger partial charge >= 0.3 is 0 Å². The van der Waals surface area contributed by atoms with Crippen molar-refractivity contribution in [3.05, 3.63) is 29.1 Å². The molecule has 4 bridgehead atoms. The predicted octanol–water partition coefficient (Wildman–Crippen LogP) is 4.59. The zero-order valence-electron chi connectivity index (χ0n) is 12.0. The second-order valence-electron chi connectivity index (χ2n) is 7.34. The molecule has 0 aliphatic heterocycles. The van der Waals surface area contributed by atoms with Crippen LogP contribution in [0.5, 0.6) is 0 Å². The van der Waals surface area contributed by atoms with Crippen LogP contribution >= 0.6 is 12.4 Å². The average Bonchev–Trinajstić information content (AvgIpc) is 2.25.